The van der Waals surface area contributed by atoms with Gasteiger partial charge in [0.2, 0.25) is 17.7 Å². The Labute approximate surface area is 170 Å². The molecule has 3 amide bonds. The largest absolute Gasteiger partial charge is 0.486 e. The molecular formula is C21H29N3O5. The predicted molar refractivity (Wildman–Crippen MR) is 108 cm³/mol. The highest BCUT2D eigenvalue weighted by molar-refractivity contribution is 6.01. The minimum absolute atomic E-state index is 0.116. The van der Waals surface area contributed by atoms with E-state index >= 15 is 0 Å². The monoisotopic (exact) mass is 403 g/mol. The molecular weight excluding hydrogens is 374 g/mol. The maximum absolute atomic E-state index is 12.6. The van der Waals surface area contributed by atoms with Crippen LogP contribution in [0, 0.1) is 5.92 Å². The van der Waals surface area contributed by atoms with Gasteiger partial charge in [-0.05, 0) is 25.5 Å². The van der Waals surface area contributed by atoms with Crippen LogP contribution in [-0.4, -0.2) is 50.1 Å². The molecule has 0 aliphatic carbocycles. The minimum Gasteiger partial charge on any atom is -0.486 e. The van der Waals surface area contributed by atoms with Crippen LogP contribution in [0.15, 0.2) is 18.2 Å². The molecule has 2 aliphatic rings. The summed E-state index contributed by atoms with van der Waals surface area (Å²) < 4.78 is 11.1. The molecule has 1 aromatic carbocycles. The lowest BCUT2D eigenvalue weighted by atomic mass is 10.1. The quantitative estimate of drug-likeness (QED) is 0.643. The second-order valence-electron chi connectivity index (χ2n) is 7.46. The number of nitrogens with zero attached hydrogens (tertiary/aromatic N) is 1. The molecule has 0 radical (unpaired) electrons. The van der Waals surface area contributed by atoms with Gasteiger partial charge >= 0.3 is 0 Å². The van der Waals surface area contributed by atoms with E-state index in [0.29, 0.717) is 36.9 Å². The first-order valence-corrected chi connectivity index (χ1v) is 10.3. The van der Waals surface area contributed by atoms with Crippen molar-refractivity contribution in [2.45, 2.75) is 45.6 Å². The third kappa shape index (κ3) is 5.19. The number of carbonyl (C=O) groups excluding carboxylic acids is 3. The normalized spacial score (nSPS) is 19.0. The van der Waals surface area contributed by atoms with E-state index in [-0.39, 0.29) is 30.7 Å². The molecule has 1 saturated heterocycles. The molecule has 1 unspecified atom stereocenters. The Morgan fingerprint density at radius 3 is 2.72 bits per heavy atom. The summed E-state index contributed by atoms with van der Waals surface area (Å²) >= 11 is 0. The lowest BCUT2D eigenvalue weighted by molar-refractivity contribution is -0.130. The maximum Gasteiger partial charge on any atom is 0.242 e. The van der Waals surface area contributed by atoms with Gasteiger partial charge in [-0.2, -0.15) is 0 Å². The van der Waals surface area contributed by atoms with Gasteiger partial charge in [0.25, 0.3) is 0 Å². The third-order valence-electron chi connectivity index (χ3n) is 5.16. The van der Waals surface area contributed by atoms with E-state index in [1.54, 1.807) is 30.0 Å². The van der Waals surface area contributed by atoms with Crippen molar-refractivity contribution in [3.8, 4) is 11.5 Å². The second-order valence-corrected chi connectivity index (χ2v) is 7.46. The summed E-state index contributed by atoms with van der Waals surface area (Å²) in [5, 5.41) is 5.56. The molecule has 1 aromatic rings. The molecule has 8 nitrogen and oxygen atoms in total. The van der Waals surface area contributed by atoms with Crippen molar-refractivity contribution < 1.29 is 23.9 Å². The molecule has 2 aliphatic heterocycles. The number of unbranched alkanes of at least 4 members (excludes halogenated alkanes) is 2. The van der Waals surface area contributed by atoms with Crippen LogP contribution in [0.5, 0.6) is 11.5 Å². The number of hydrogen-bond donors (Lipinski definition) is 2. The van der Waals surface area contributed by atoms with Gasteiger partial charge in [0.1, 0.15) is 19.3 Å². The molecule has 158 valence electrons. The van der Waals surface area contributed by atoms with E-state index in [1.807, 2.05) is 0 Å². The number of rotatable bonds is 8. The van der Waals surface area contributed by atoms with Crippen LogP contribution in [-0.2, 0) is 14.4 Å². The molecule has 2 heterocycles. The smallest absolute Gasteiger partial charge is 0.242 e. The van der Waals surface area contributed by atoms with Crippen molar-refractivity contribution in [2.24, 2.45) is 5.92 Å². The minimum atomic E-state index is -0.637. The number of anilines is 1. The van der Waals surface area contributed by atoms with Gasteiger partial charge in [-0.25, -0.2) is 0 Å². The Morgan fingerprint density at radius 2 is 1.97 bits per heavy atom. The van der Waals surface area contributed by atoms with E-state index in [0.717, 1.165) is 19.3 Å². The van der Waals surface area contributed by atoms with E-state index < -0.39 is 12.0 Å². The zero-order chi connectivity index (χ0) is 20.8. The van der Waals surface area contributed by atoms with Crippen molar-refractivity contribution in [3.05, 3.63) is 18.2 Å². The van der Waals surface area contributed by atoms with E-state index in [2.05, 4.69) is 17.6 Å². The fraction of sp³-hybridized carbons (Fsp3) is 0.571. The molecule has 0 aromatic heterocycles. The topological polar surface area (TPSA) is 97.0 Å². The van der Waals surface area contributed by atoms with Crippen molar-refractivity contribution in [3.63, 3.8) is 0 Å². The van der Waals surface area contributed by atoms with Crippen LogP contribution >= 0.6 is 0 Å². The first-order valence-electron chi connectivity index (χ1n) is 10.3. The molecule has 3 rings (SSSR count). The van der Waals surface area contributed by atoms with Crippen LogP contribution in [0.3, 0.4) is 0 Å². The zero-order valence-electron chi connectivity index (χ0n) is 17.0. The fourth-order valence-electron chi connectivity index (χ4n) is 3.47. The highest BCUT2D eigenvalue weighted by Crippen LogP contribution is 2.35. The Hall–Kier alpha value is -2.77. The van der Waals surface area contributed by atoms with Gasteiger partial charge in [-0.3, -0.25) is 14.4 Å². The van der Waals surface area contributed by atoms with Gasteiger partial charge in [-0.1, -0.05) is 19.8 Å². The van der Waals surface area contributed by atoms with E-state index in [1.165, 1.54) is 0 Å². The van der Waals surface area contributed by atoms with Crippen molar-refractivity contribution in [1.82, 2.24) is 10.6 Å². The average molecular weight is 403 g/mol. The zero-order valence-corrected chi connectivity index (χ0v) is 17.0. The highest BCUT2D eigenvalue weighted by Gasteiger charge is 2.36. The first-order chi connectivity index (χ1) is 14.0. The Bertz CT molecular complexity index is 767. The molecule has 0 bridgehead atoms. The van der Waals surface area contributed by atoms with Crippen molar-refractivity contribution in [1.29, 1.82) is 0 Å². The molecule has 2 N–H and O–H groups in total. The number of ether oxygens (including phenoxy) is 2. The molecule has 1 fully saturated rings. The summed E-state index contributed by atoms with van der Waals surface area (Å²) in [6.45, 7) is 5.60. The van der Waals surface area contributed by atoms with Gasteiger partial charge in [0, 0.05) is 31.3 Å². The van der Waals surface area contributed by atoms with Crippen LogP contribution in [0.25, 0.3) is 0 Å². The SMILES string of the molecule is CCCCCNC(=O)[C@@H](C)NC(=O)C1CC(=O)N(c2ccc3c(c2)OCCO3)C1. The number of hydrogen-bond acceptors (Lipinski definition) is 5. The number of amides is 3. The Morgan fingerprint density at radius 1 is 1.21 bits per heavy atom. The summed E-state index contributed by atoms with van der Waals surface area (Å²) in [6, 6.07) is 4.69. The molecule has 0 saturated carbocycles. The Balaban J connectivity index is 1.54. The van der Waals surface area contributed by atoms with Gasteiger partial charge in [0.15, 0.2) is 11.5 Å². The van der Waals surface area contributed by atoms with Gasteiger partial charge in [0.05, 0.1) is 5.92 Å². The number of nitrogens with one attached hydrogen (secondary N) is 2. The predicted octanol–water partition coefficient (Wildman–Crippen LogP) is 1.62. The van der Waals surface area contributed by atoms with E-state index in [9.17, 15) is 14.4 Å². The molecule has 0 spiro atoms. The first kappa shape index (κ1) is 21.0. The third-order valence-corrected chi connectivity index (χ3v) is 5.16. The Kier molecular flexibility index (Phi) is 6.95. The van der Waals surface area contributed by atoms with Gasteiger partial charge in [-0.15, -0.1) is 0 Å². The number of carbonyl (C=O) groups is 3. The molecule has 29 heavy (non-hydrogen) atoms. The lowest BCUT2D eigenvalue weighted by Crippen LogP contribution is -2.47. The molecule has 8 heteroatoms. The maximum atomic E-state index is 12.6. The summed E-state index contributed by atoms with van der Waals surface area (Å²) in [6.07, 6.45) is 3.17. The number of fused-ring (bicyclic) bond motifs is 1. The van der Waals surface area contributed by atoms with Crippen molar-refractivity contribution in [2.75, 3.05) is 31.2 Å². The summed E-state index contributed by atoms with van der Waals surface area (Å²) in [5.41, 5.74) is 0.677. The number of benzene rings is 1. The van der Waals surface area contributed by atoms with Crippen LogP contribution in [0.2, 0.25) is 0 Å². The standard InChI is InChI=1S/C21H29N3O5/c1-3-4-5-8-22-20(26)14(2)23-21(27)15-11-19(25)24(13-15)16-6-7-17-18(12-16)29-10-9-28-17/h6-7,12,14-15H,3-5,8-11,13H2,1-2H3,(H,22,26)(H,23,27)/t14-,15?/m1/s1. The van der Waals surface area contributed by atoms with Crippen molar-refractivity contribution >= 4 is 23.4 Å². The van der Waals surface area contributed by atoms with E-state index in [4.69, 9.17) is 9.47 Å². The lowest BCUT2D eigenvalue weighted by Gasteiger charge is -2.22. The van der Waals surface area contributed by atoms with Crippen LogP contribution in [0.1, 0.15) is 39.5 Å². The fourth-order valence-corrected chi connectivity index (χ4v) is 3.47. The van der Waals surface area contributed by atoms with Crippen LogP contribution < -0.4 is 25.0 Å². The second kappa shape index (κ2) is 9.62. The van der Waals surface area contributed by atoms with Crippen LogP contribution in [0.4, 0.5) is 5.69 Å². The van der Waals surface area contributed by atoms with Gasteiger partial charge < -0.3 is 25.0 Å². The molecule has 2 atom stereocenters. The highest BCUT2D eigenvalue weighted by atomic mass is 16.6. The summed E-state index contributed by atoms with van der Waals surface area (Å²) in [4.78, 5) is 38.7. The summed E-state index contributed by atoms with van der Waals surface area (Å²) in [5.74, 6) is 0.143. The average Bonchev–Trinajstić information content (AvgIpc) is 3.12. The summed E-state index contributed by atoms with van der Waals surface area (Å²) in [7, 11) is 0.